The van der Waals surface area contributed by atoms with Crippen molar-refractivity contribution < 1.29 is 0 Å². The summed E-state index contributed by atoms with van der Waals surface area (Å²) < 4.78 is 0. The van der Waals surface area contributed by atoms with Crippen LogP contribution in [0.5, 0.6) is 0 Å². The fourth-order valence-electron chi connectivity index (χ4n) is 1.75. The number of nitrogens with one attached hydrogen (secondary N) is 1. The first kappa shape index (κ1) is 9.30. The van der Waals surface area contributed by atoms with Crippen molar-refractivity contribution in [2.24, 2.45) is 0 Å². The Kier molecular flexibility index (Phi) is 1.95. The summed E-state index contributed by atoms with van der Waals surface area (Å²) in [4.78, 5) is 3.14. The van der Waals surface area contributed by atoms with E-state index in [4.69, 9.17) is 10.5 Å². The summed E-state index contributed by atoms with van der Waals surface area (Å²) in [6.45, 7) is 3.75. The zero-order valence-corrected chi connectivity index (χ0v) is 8.55. The molecule has 0 amide bonds. The molecule has 0 aliphatic carbocycles. The molecule has 1 N–H and O–H groups in total. The fraction of sp³-hybridized carbons (Fsp3) is 0.167. The summed E-state index contributed by atoms with van der Waals surface area (Å²) in [6.07, 6.45) is 0. The Balaban J connectivity index is 2.92. The summed E-state index contributed by atoms with van der Waals surface area (Å²) in [6, 6.07) is 7.95. The van der Waals surface area contributed by atoms with Crippen molar-refractivity contribution >= 4 is 10.9 Å². The number of hydrogen-bond donors (Lipinski definition) is 1. The molecule has 0 aliphatic heterocycles. The quantitative estimate of drug-likeness (QED) is 0.702. The molecule has 1 aromatic heterocycles. The first-order valence-electron chi connectivity index (χ1n) is 4.60. The molecule has 2 rings (SSSR count). The van der Waals surface area contributed by atoms with Gasteiger partial charge >= 0.3 is 0 Å². The molecule has 15 heavy (non-hydrogen) atoms. The minimum absolute atomic E-state index is 0.623. The van der Waals surface area contributed by atoms with Gasteiger partial charge in [-0.3, -0.25) is 0 Å². The van der Waals surface area contributed by atoms with Crippen LogP contribution in [0.25, 0.3) is 10.9 Å². The van der Waals surface area contributed by atoms with E-state index in [0.717, 1.165) is 22.2 Å². The first-order chi connectivity index (χ1) is 7.17. The minimum atomic E-state index is 0.623. The maximum Gasteiger partial charge on any atom is 0.102 e. The van der Waals surface area contributed by atoms with Gasteiger partial charge in [0.25, 0.3) is 0 Å². The largest absolute Gasteiger partial charge is 0.357 e. The molecule has 0 saturated carbocycles. The summed E-state index contributed by atoms with van der Waals surface area (Å²) in [5.74, 6) is 0. The Labute approximate surface area is 87.6 Å². The predicted molar refractivity (Wildman–Crippen MR) is 57.2 cm³/mol. The van der Waals surface area contributed by atoms with Crippen LogP contribution in [0.15, 0.2) is 12.1 Å². The highest BCUT2D eigenvalue weighted by Crippen LogP contribution is 2.24. The number of aromatic nitrogens is 1. The molecule has 0 saturated heterocycles. The Morgan fingerprint density at radius 3 is 2.47 bits per heavy atom. The monoisotopic (exact) mass is 195 g/mol. The normalized spacial score (nSPS) is 9.87. The van der Waals surface area contributed by atoms with Gasteiger partial charge in [-0.05, 0) is 31.5 Å². The van der Waals surface area contributed by atoms with Gasteiger partial charge in [0.15, 0.2) is 0 Å². The lowest BCUT2D eigenvalue weighted by Gasteiger charge is -1.96. The molecule has 0 radical (unpaired) electrons. The van der Waals surface area contributed by atoms with Crippen LogP contribution in [-0.2, 0) is 0 Å². The molecular weight excluding hydrogens is 186 g/mol. The fourth-order valence-corrected chi connectivity index (χ4v) is 1.75. The van der Waals surface area contributed by atoms with Crippen LogP contribution in [-0.4, -0.2) is 4.98 Å². The second-order valence-electron chi connectivity index (χ2n) is 3.56. The van der Waals surface area contributed by atoms with Crippen molar-refractivity contribution in [3.63, 3.8) is 0 Å². The average Bonchev–Trinajstić information content (AvgIpc) is 2.51. The number of aromatic amines is 1. The van der Waals surface area contributed by atoms with E-state index in [1.54, 1.807) is 6.07 Å². The van der Waals surface area contributed by atoms with Crippen molar-refractivity contribution in [3.05, 3.63) is 34.5 Å². The zero-order chi connectivity index (χ0) is 11.0. The SMILES string of the molecule is Cc1cc2[nH]c(C)c(C#N)c2cc1C#N. The number of fused-ring (bicyclic) bond motifs is 1. The topological polar surface area (TPSA) is 63.4 Å². The van der Waals surface area contributed by atoms with Crippen LogP contribution >= 0.6 is 0 Å². The van der Waals surface area contributed by atoms with Crippen molar-refractivity contribution in [1.82, 2.24) is 4.98 Å². The van der Waals surface area contributed by atoms with Crippen LogP contribution < -0.4 is 0 Å². The molecule has 1 heterocycles. The van der Waals surface area contributed by atoms with E-state index in [1.165, 1.54) is 0 Å². The molecule has 0 fully saturated rings. The number of rotatable bonds is 0. The van der Waals surface area contributed by atoms with Gasteiger partial charge in [0.05, 0.1) is 17.2 Å². The lowest BCUT2D eigenvalue weighted by atomic mass is 10.0. The van der Waals surface area contributed by atoms with Gasteiger partial charge in [0.2, 0.25) is 0 Å². The number of benzene rings is 1. The van der Waals surface area contributed by atoms with E-state index < -0.39 is 0 Å². The van der Waals surface area contributed by atoms with Crippen LogP contribution in [0.3, 0.4) is 0 Å². The number of aryl methyl sites for hydroxylation is 2. The molecule has 3 heteroatoms. The molecule has 72 valence electrons. The Morgan fingerprint density at radius 2 is 1.87 bits per heavy atom. The van der Waals surface area contributed by atoms with Crippen molar-refractivity contribution in [1.29, 1.82) is 10.5 Å². The third-order valence-corrected chi connectivity index (χ3v) is 2.56. The number of hydrogen-bond acceptors (Lipinski definition) is 2. The maximum absolute atomic E-state index is 8.99. The van der Waals surface area contributed by atoms with Gasteiger partial charge in [-0.1, -0.05) is 0 Å². The van der Waals surface area contributed by atoms with E-state index in [9.17, 15) is 0 Å². The Bertz CT molecular complexity index is 621. The van der Waals surface area contributed by atoms with Crippen molar-refractivity contribution in [3.8, 4) is 12.1 Å². The molecule has 0 bridgehead atoms. The number of nitriles is 2. The second-order valence-corrected chi connectivity index (χ2v) is 3.56. The zero-order valence-electron chi connectivity index (χ0n) is 8.55. The summed E-state index contributed by atoms with van der Waals surface area (Å²) in [5, 5.41) is 18.7. The molecule has 1 aromatic carbocycles. The van der Waals surface area contributed by atoms with Gasteiger partial charge in [0.1, 0.15) is 6.07 Å². The molecule has 0 unspecified atom stereocenters. The second kappa shape index (κ2) is 3.15. The van der Waals surface area contributed by atoms with Crippen molar-refractivity contribution in [2.45, 2.75) is 13.8 Å². The van der Waals surface area contributed by atoms with Gasteiger partial charge in [0, 0.05) is 16.6 Å². The lowest BCUT2D eigenvalue weighted by molar-refractivity contribution is 1.28. The van der Waals surface area contributed by atoms with E-state index in [-0.39, 0.29) is 0 Å². The van der Waals surface area contributed by atoms with Gasteiger partial charge in [-0.15, -0.1) is 0 Å². The molecule has 2 aromatic rings. The minimum Gasteiger partial charge on any atom is -0.357 e. The lowest BCUT2D eigenvalue weighted by Crippen LogP contribution is -1.82. The summed E-state index contributed by atoms with van der Waals surface area (Å²) in [5.41, 5.74) is 3.94. The van der Waals surface area contributed by atoms with E-state index in [1.807, 2.05) is 19.9 Å². The van der Waals surface area contributed by atoms with Crippen LogP contribution in [0, 0.1) is 36.5 Å². The third kappa shape index (κ3) is 1.26. The van der Waals surface area contributed by atoms with E-state index in [2.05, 4.69) is 17.1 Å². The smallest absolute Gasteiger partial charge is 0.102 e. The van der Waals surface area contributed by atoms with E-state index in [0.29, 0.717) is 11.1 Å². The highest BCUT2D eigenvalue weighted by molar-refractivity contribution is 5.89. The average molecular weight is 195 g/mol. The van der Waals surface area contributed by atoms with Gasteiger partial charge in [-0.2, -0.15) is 10.5 Å². The molecule has 0 spiro atoms. The van der Waals surface area contributed by atoms with Gasteiger partial charge in [-0.25, -0.2) is 0 Å². The summed E-state index contributed by atoms with van der Waals surface area (Å²) in [7, 11) is 0. The Morgan fingerprint density at radius 1 is 1.13 bits per heavy atom. The number of H-pyrrole nitrogens is 1. The van der Waals surface area contributed by atoms with E-state index >= 15 is 0 Å². The van der Waals surface area contributed by atoms with Crippen LogP contribution in [0.2, 0.25) is 0 Å². The third-order valence-electron chi connectivity index (χ3n) is 2.56. The standard InChI is InChI=1S/C12H9N3/c1-7-3-12-10(4-9(7)5-13)11(6-14)8(2)15-12/h3-4,15H,1-2H3. The maximum atomic E-state index is 8.99. The van der Waals surface area contributed by atoms with Crippen LogP contribution in [0.4, 0.5) is 0 Å². The summed E-state index contributed by atoms with van der Waals surface area (Å²) >= 11 is 0. The molecule has 0 aliphatic rings. The van der Waals surface area contributed by atoms with Gasteiger partial charge < -0.3 is 4.98 Å². The van der Waals surface area contributed by atoms with Crippen LogP contribution in [0.1, 0.15) is 22.4 Å². The number of nitrogens with zero attached hydrogens (tertiary/aromatic N) is 2. The molecular formula is C12H9N3. The Hall–Kier alpha value is -2.26. The molecule has 3 nitrogen and oxygen atoms in total. The first-order valence-corrected chi connectivity index (χ1v) is 4.60. The predicted octanol–water partition coefficient (Wildman–Crippen LogP) is 2.53. The van der Waals surface area contributed by atoms with Crippen molar-refractivity contribution in [2.75, 3.05) is 0 Å². The highest BCUT2D eigenvalue weighted by Gasteiger charge is 2.09. The highest BCUT2D eigenvalue weighted by atomic mass is 14.7. The molecule has 0 atom stereocenters.